The maximum absolute atomic E-state index is 9.43. The van der Waals surface area contributed by atoms with E-state index in [1.165, 1.54) is 5.56 Å². The van der Waals surface area contributed by atoms with Gasteiger partial charge in [0.1, 0.15) is 5.75 Å². The first-order chi connectivity index (χ1) is 8.30. The highest BCUT2D eigenvalue weighted by atomic mass is 16.5. The molecular formula is C16H26O2. The monoisotopic (exact) mass is 250 g/mol. The maximum atomic E-state index is 9.43. The zero-order valence-corrected chi connectivity index (χ0v) is 12.2. The van der Waals surface area contributed by atoms with Crippen molar-refractivity contribution in [3.05, 3.63) is 29.8 Å². The van der Waals surface area contributed by atoms with Gasteiger partial charge in [-0.25, -0.2) is 0 Å². The van der Waals surface area contributed by atoms with E-state index in [0.29, 0.717) is 12.5 Å². The Morgan fingerprint density at radius 3 is 2.11 bits per heavy atom. The van der Waals surface area contributed by atoms with Crippen molar-refractivity contribution in [2.45, 2.75) is 53.1 Å². The number of aliphatic hydroxyl groups excluding tert-OH is 1. The van der Waals surface area contributed by atoms with E-state index in [1.54, 1.807) is 0 Å². The molecule has 102 valence electrons. The Morgan fingerprint density at radius 2 is 1.67 bits per heavy atom. The molecule has 0 spiro atoms. The zero-order valence-electron chi connectivity index (χ0n) is 12.2. The summed E-state index contributed by atoms with van der Waals surface area (Å²) in [4.78, 5) is 0. The van der Waals surface area contributed by atoms with Gasteiger partial charge in [0.2, 0.25) is 0 Å². The molecule has 0 aliphatic heterocycles. The average molecular weight is 250 g/mol. The Morgan fingerprint density at radius 1 is 1.11 bits per heavy atom. The van der Waals surface area contributed by atoms with Gasteiger partial charge in [-0.3, -0.25) is 0 Å². The molecule has 2 heteroatoms. The Hall–Kier alpha value is -1.02. The van der Waals surface area contributed by atoms with Crippen LogP contribution in [0, 0.1) is 5.41 Å². The van der Waals surface area contributed by atoms with Crippen LogP contribution < -0.4 is 4.74 Å². The van der Waals surface area contributed by atoms with Gasteiger partial charge in [0.25, 0.3) is 0 Å². The molecule has 1 aromatic rings. The summed E-state index contributed by atoms with van der Waals surface area (Å²) in [6.45, 7) is 11.0. The third-order valence-electron chi connectivity index (χ3n) is 3.02. The van der Waals surface area contributed by atoms with Crippen molar-refractivity contribution in [2.75, 3.05) is 6.61 Å². The van der Waals surface area contributed by atoms with Gasteiger partial charge in [0.05, 0.1) is 12.7 Å². The predicted octanol–water partition coefficient (Wildman–Crippen LogP) is 3.99. The van der Waals surface area contributed by atoms with E-state index in [9.17, 15) is 5.11 Å². The number of rotatable bonds is 6. The van der Waals surface area contributed by atoms with Crippen molar-refractivity contribution in [3.8, 4) is 5.75 Å². The molecule has 1 rings (SSSR count). The summed E-state index contributed by atoms with van der Waals surface area (Å²) < 4.78 is 5.80. The molecule has 0 bridgehead atoms. The molecule has 18 heavy (non-hydrogen) atoms. The van der Waals surface area contributed by atoms with E-state index in [1.807, 2.05) is 19.1 Å². The second kappa shape index (κ2) is 6.24. The number of aliphatic hydroxyl groups is 1. The second-order valence-corrected chi connectivity index (χ2v) is 6.23. The smallest absolute Gasteiger partial charge is 0.119 e. The average Bonchev–Trinajstić information content (AvgIpc) is 2.25. The molecule has 0 radical (unpaired) electrons. The van der Waals surface area contributed by atoms with Crippen molar-refractivity contribution in [3.63, 3.8) is 0 Å². The molecule has 0 heterocycles. The van der Waals surface area contributed by atoms with Gasteiger partial charge in [0.15, 0.2) is 0 Å². The number of hydrogen-bond donors (Lipinski definition) is 1. The van der Waals surface area contributed by atoms with E-state index < -0.39 is 0 Å². The van der Waals surface area contributed by atoms with Gasteiger partial charge >= 0.3 is 0 Å². The predicted molar refractivity (Wildman–Crippen MR) is 76.1 cm³/mol. The molecule has 0 aromatic heterocycles. The van der Waals surface area contributed by atoms with Crippen LogP contribution in [0.1, 0.15) is 52.5 Å². The van der Waals surface area contributed by atoms with E-state index in [0.717, 1.165) is 12.2 Å². The fraction of sp³-hybridized carbons (Fsp3) is 0.625. The van der Waals surface area contributed by atoms with Crippen molar-refractivity contribution in [2.24, 2.45) is 5.41 Å². The van der Waals surface area contributed by atoms with Crippen molar-refractivity contribution >= 4 is 0 Å². The van der Waals surface area contributed by atoms with Crippen molar-refractivity contribution < 1.29 is 9.84 Å². The Balaban J connectivity index is 2.53. The van der Waals surface area contributed by atoms with Crippen molar-refractivity contribution in [1.29, 1.82) is 0 Å². The minimum absolute atomic E-state index is 0.00904. The topological polar surface area (TPSA) is 29.5 Å². The van der Waals surface area contributed by atoms with Crippen LogP contribution in [0.25, 0.3) is 0 Å². The molecule has 0 aliphatic rings. The van der Waals surface area contributed by atoms with E-state index >= 15 is 0 Å². The lowest BCUT2D eigenvalue weighted by Crippen LogP contribution is -2.25. The molecule has 2 nitrogen and oxygen atoms in total. The first-order valence-electron chi connectivity index (χ1n) is 6.71. The minimum atomic E-state index is -0.285. The molecule has 1 unspecified atom stereocenters. The van der Waals surface area contributed by atoms with E-state index in [2.05, 4.69) is 39.8 Å². The fourth-order valence-electron chi connectivity index (χ4n) is 2.09. The number of hydrogen-bond acceptors (Lipinski definition) is 2. The van der Waals surface area contributed by atoms with Crippen LogP contribution in [0.3, 0.4) is 0 Å². The summed E-state index contributed by atoms with van der Waals surface area (Å²) in [6, 6.07) is 8.27. The van der Waals surface area contributed by atoms with Crippen molar-refractivity contribution in [1.82, 2.24) is 0 Å². The summed E-state index contributed by atoms with van der Waals surface area (Å²) in [5.74, 6) is 1.45. The quantitative estimate of drug-likeness (QED) is 0.827. The Bertz CT molecular complexity index is 350. The summed E-state index contributed by atoms with van der Waals surface area (Å²) in [7, 11) is 0. The summed E-state index contributed by atoms with van der Waals surface area (Å²) in [5.41, 5.74) is 1.32. The first kappa shape index (κ1) is 15.0. The molecule has 1 N–H and O–H groups in total. The molecule has 0 amide bonds. The van der Waals surface area contributed by atoms with Gasteiger partial charge < -0.3 is 9.84 Å². The van der Waals surface area contributed by atoms with Crippen LogP contribution in [-0.2, 0) is 0 Å². The molecule has 1 aromatic carbocycles. The van der Waals surface area contributed by atoms with E-state index in [-0.39, 0.29) is 11.5 Å². The standard InChI is InChI=1S/C16H26O2/c1-12(2)14-6-8-15(9-7-14)18-11-16(4,5)10-13(3)17/h6-9,12-13,17H,10-11H2,1-5H3. The third kappa shape index (κ3) is 5.09. The summed E-state index contributed by atoms with van der Waals surface area (Å²) in [6.07, 6.45) is 0.462. The van der Waals surface area contributed by atoms with Gasteiger partial charge in [-0.15, -0.1) is 0 Å². The maximum Gasteiger partial charge on any atom is 0.119 e. The van der Waals surface area contributed by atoms with E-state index in [4.69, 9.17) is 4.74 Å². The number of ether oxygens (including phenoxy) is 1. The highest BCUT2D eigenvalue weighted by Crippen LogP contribution is 2.25. The van der Waals surface area contributed by atoms with Crippen LogP contribution in [0.15, 0.2) is 24.3 Å². The lowest BCUT2D eigenvalue weighted by Gasteiger charge is -2.26. The molecule has 0 saturated carbocycles. The number of benzene rings is 1. The zero-order chi connectivity index (χ0) is 13.8. The lowest BCUT2D eigenvalue weighted by molar-refractivity contribution is 0.0916. The normalized spacial score (nSPS) is 13.7. The SMILES string of the molecule is CC(O)CC(C)(C)COc1ccc(C(C)C)cc1. The molecular weight excluding hydrogens is 224 g/mol. The van der Waals surface area contributed by atoms with Crippen LogP contribution >= 0.6 is 0 Å². The largest absolute Gasteiger partial charge is 0.493 e. The summed E-state index contributed by atoms with van der Waals surface area (Å²) >= 11 is 0. The third-order valence-corrected chi connectivity index (χ3v) is 3.02. The van der Waals surface area contributed by atoms with Crippen LogP contribution in [0.4, 0.5) is 0 Å². The Kier molecular flexibility index (Phi) is 5.21. The molecule has 0 aliphatic carbocycles. The molecule has 0 saturated heterocycles. The van der Waals surface area contributed by atoms with Crippen LogP contribution in [0.2, 0.25) is 0 Å². The molecule has 1 atom stereocenters. The molecule has 0 fully saturated rings. The highest BCUT2D eigenvalue weighted by Gasteiger charge is 2.21. The first-order valence-corrected chi connectivity index (χ1v) is 6.71. The van der Waals surface area contributed by atoms with Gasteiger partial charge in [-0.1, -0.05) is 39.8 Å². The van der Waals surface area contributed by atoms with Gasteiger partial charge in [0, 0.05) is 5.41 Å². The fourth-order valence-corrected chi connectivity index (χ4v) is 2.09. The minimum Gasteiger partial charge on any atom is -0.493 e. The Labute approximate surface area is 111 Å². The summed E-state index contributed by atoms with van der Waals surface area (Å²) in [5, 5.41) is 9.43. The van der Waals surface area contributed by atoms with Crippen LogP contribution in [0.5, 0.6) is 5.75 Å². The van der Waals surface area contributed by atoms with Crippen LogP contribution in [-0.4, -0.2) is 17.8 Å². The second-order valence-electron chi connectivity index (χ2n) is 6.23. The van der Waals surface area contributed by atoms with Gasteiger partial charge in [-0.2, -0.15) is 0 Å². The highest BCUT2D eigenvalue weighted by molar-refractivity contribution is 5.28. The lowest BCUT2D eigenvalue weighted by atomic mass is 9.88. The van der Waals surface area contributed by atoms with Gasteiger partial charge in [-0.05, 0) is 37.0 Å².